The van der Waals surface area contributed by atoms with Crippen molar-refractivity contribution in [2.75, 3.05) is 11.9 Å². The fourth-order valence-corrected chi connectivity index (χ4v) is 4.09. The van der Waals surface area contributed by atoms with Crippen LogP contribution < -0.4 is 10.1 Å². The zero-order valence-electron chi connectivity index (χ0n) is 20.4. The van der Waals surface area contributed by atoms with E-state index in [1.807, 2.05) is 12.1 Å². The van der Waals surface area contributed by atoms with Gasteiger partial charge in [-0.1, -0.05) is 18.2 Å². The van der Waals surface area contributed by atoms with Crippen molar-refractivity contribution in [2.24, 2.45) is 0 Å². The van der Waals surface area contributed by atoms with Crippen LogP contribution in [0, 0.1) is 18.6 Å². The van der Waals surface area contributed by atoms with Crippen molar-refractivity contribution >= 4 is 28.4 Å². The molecule has 3 aromatic heterocycles. The number of nitrogens with zero attached hydrogens (tertiary/aromatic N) is 5. The number of anilines is 2. The van der Waals surface area contributed by atoms with Gasteiger partial charge < -0.3 is 15.2 Å². The molecule has 9 nitrogen and oxygen atoms in total. The number of benzene rings is 2. The number of hydrogen-bond acceptors (Lipinski definition) is 7. The van der Waals surface area contributed by atoms with Gasteiger partial charge in [-0.25, -0.2) is 23.5 Å². The molecule has 0 aliphatic carbocycles. The second kappa shape index (κ2) is 10.2. The fourth-order valence-electron chi connectivity index (χ4n) is 4.09. The normalized spacial score (nSPS) is 11.1. The maximum atomic E-state index is 14.8. The molecule has 0 amide bonds. The van der Waals surface area contributed by atoms with Gasteiger partial charge in [-0.2, -0.15) is 5.10 Å². The molecule has 192 valence electrons. The second-order valence-corrected chi connectivity index (χ2v) is 8.39. The zero-order valence-corrected chi connectivity index (χ0v) is 20.4. The van der Waals surface area contributed by atoms with Crippen LogP contribution in [0.2, 0.25) is 0 Å². The lowest BCUT2D eigenvalue weighted by Crippen LogP contribution is -2.08. The number of aromatic nitrogens is 5. The van der Waals surface area contributed by atoms with Crippen LogP contribution in [0.15, 0.2) is 60.9 Å². The predicted octanol–water partition coefficient (Wildman–Crippen LogP) is 5.36. The number of carboxylic acids is 1. The minimum Gasteiger partial charge on any atom is -0.494 e. The van der Waals surface area contributed by atoms with Crippen molar-refractivity contribution in [3.05, 3.63) is 89.4 Å². The third-order valence-electron chi connectivity index (χ3n) is 5.77. The minimum absolute atomic E-state index is 0.0144. The smallest absolute Gasteiger partial charge is 0.339 e. The Balaban J connectivity index is 1.56. The van der Waals surface area contributed by atoms with E-state index < -0.39 is 17.6 Å². The molecule has 0 atom stereocenters. The van der Waals surface area contributed by atoms with Gasteiger partial charge in [-0.3, -0.25) is 9.67 Å². The molecule has 0 aliphatic rings. The summed E-state index contributed by atoms with van der Waals surface area (Å²) in [7, 11) is 0. The summed E-state index contributed by atoms with van der Waals surface area (Å²) in [6.45, 7) is 3.63. The molecule has 11 heteroatoms. The third kappa shape index (κ3) is 4.85. The Morgan fingerprint density at radius 2 is 1.87 bits per heavy atom. The first kappa shape index (κ1) is 24.8. The van der Waals surface area contributed by atoms with Gasteiger partial charge in [-0.15, -0.1) is 0 Å². The topological polar surface area (TPSA) is 115 Å². The molecule has 0 aliphatic heterocycles. The summed E-state index contributed by atoms with van der Waals surface area (Å²) in [6, 6.07) is 12.7. The van der Waals surface area contributed by atoms with Crippen LogP contribution in [0.3, 0.4) is 0 Å². The highest BCUT2D eigenvalue weighted by atomic mass is 19.1. The summed E-state index contributed by atoms with van der Waals surface area (Å²) < 4.78 is 36.3. The van der Waals surface area contributed by atoms with Gasteiger partial charge in [0.1, 0.15) is 34.5 Å². The highest BCUT2D eigenvalue weighted by molar-refractivity contribution is 5.95. The summed E-state index contributed by atoms with van der Waals surface area (Å²) in [4.78, 5) is 24.5. The SMILES string of the molecule is CCOc1cc(F)c(Cn2nc(-c3nc(C)cc(Nc4ccncc4C(=O)O)n3)c3ccccc32)c(F)c1. The van der Waals surface area contributed by atoms with Gasteiger partial charge in [0.15, 0.2) is 5.82 Å². The van der Waals surface area contributed by atoms with Crippen LogP contribution >= 0.6 is 0 Å². The zero-order chi connectivity index (χ0) is 26.8. The molecule has 0 spiro atoms. The van der Waals surface area contributed by atoms with Crippen LogP contribution in [-0.4, -0.2) is 42.4 Å². The number of para-hydroxylation sites is 1. The quantitative estimate of drug-likeness (QED) is 0.283. The molecule has 0 bridgehead atoms. The number of ether oxygens (including phenoxy) is 1. The number of carboxylic acid groups (broad SMARTS) is 1. The number of aryl methyl sites for hydroxylation is 1. The average molecular weight is 517 g/mol. The number of pyridine rings is 1. The van der Waals surface area contributed by atoms with E-state index in [4.69, 9.17) is 4.74 Å². The molecule has 38 heavy (non-hydrogen) atoms. The Labute approximate surface area is 215 Å². The van der Waals surface area contributed by atoms with Gasteiger partial charge in [0.05, 0.1) is 24.4 Å². The third-order valence-corrected chi connectivity index (χ3v) is 5.77. The lowest BCUT2D eigenvalue weighted by atomic mass is 10.1. The van der Waals surface area contributed by atoms with Crippen molar-refractivity contribution in [3.8, 4) is 17.3 Å². The van der Waals surface area contributed by atoms with Crippen molar-refractivity contribution in [1.82, 2.24) is 24.7 Å². The van der Waals surface area contributed by atoms with E-state index in [1.54, 1.807) is 32.0 Å². The summed E-state index contributed by atoms with van der Waals surface area (Å²) in [5, 5.41) is 17.8. The molecule has 0 saturated carbocycles. The molecular weight excluding hydrogens is 494 g/mol. The van der Waals surface area contributed by atoms with E-state index in [1.165, 1.54) is 23.1 Å². The highest BCUT2D eigenvalue weighted by Crippen LogP contribution is 2.30. The van der Waals surface area contributed by atoms with Crippen LogP contribution in [0.4, 0.5) is 20.3 Å². The van der Waals surface area contributed by atoms with Crippen molar-refractivity contribution in [2.45, 2.75) is 20.4 Å². The van der Waals surface area contributed by atoms with Gasteiger partial charge in [0.25, 0.3) is 0 Å². The maximum Gasteiger partial charge on any atom is 0.339 e. The molecule has 0 radical (unpaired) electrons. The molecule has 2 N–H and O–H groups in total. The predicted molar refractivity (Wildman–Crippen MR) is 137 cm³/mol. The Morgan fingerprint density at radius 1 is 1.11 bits per heavy atom. The first-order chi connectivity index (χ1) is 18.3. The number of halogens is 2. The number of carbonyl (C=O) groups is 1. The molecule has 0 unspecified atom stereocenters. The van der Waals surface area contributed by atoms with Gasteiger partial charge >= 0.3 is 5.97 Å². The number of aromatic carboxylic acids is 1. The van der Waals surface area contributed by atoms with Crippen molar-refractivity contribution < 1.29 is 23.4 Å². The first-order valence-electron chi connectivity index (χ1n) is 11.7. The lowest BCUT2D eigenvalue weighted by Gasteiger charge is -2.10. The Bertz CT molecular complexity index is 1650. The highest BCUT2D eigenvalue weighted by Gasteiger charge is 2.19. The standard InChI is InChI=1S/C27H22F2N6O3/c1-3-38-16-11-20(28)19(21(29)12-16)14-35-23-7-5-4-6-17(23)25(34-35)26-31-15(2)10-24(33-26)32-22-8-9-30-13-18(22)27(36)37/h4-13H,3,14H2,1-2H3,(H,36,37)(H,30,31,32,33). The van der Waals surface area contributed by atoms with Gasteiger partial charge in [0.2, 0.25) is 0 Å². The van der Waals surface area contributed by atoms with E-state index in [0.717, 1.165) is 12.1 Å². The lowest BCUT2D eigenvalue weighted by molar-refractivity contribution is 0.0697. The maximum absolute atomic E-state index is 14.8. The molecule has 0 fully saturated rings. The minimum atomic E-state index is -1.13. The van der Waals surface area contributed by atoms with E-state index in [0.29, 0.717) is 33.8 Å². The van der Waals surface area contributed by atoms with Crippen molar-refractivity contribution in [3.63, 3.8) is 0 Å². The van der Waals surface area contributed by atoms with E-state index in [2.05, 4.69) is 25.4 Å². The number of rotatable bonds is 8. The van der Waals surface area contributed by atoms with Crippen LogP contribution in [0.1, 0.15) is 28.5 Å². The van der Waals surface area contributed by atoms with Crippen LogP contribution in [0.25, 0.3) is 22.4 Å². The van der Waals surface area contributed by atoms with Crippen LogP contribution in [-0.2, 0) is 6.54 Å². The van der Waals surface area contributed by atoms with Crippen LogP contribution in [0.5, 0.6) is 5.75 Å². The number of hydrogen-bond donors (Lipinski definition) is 2. The van der Waals surface area contributed by atoms with E-state index in [9.17, 15) is 18.7 Å². The number of fused-ring (bicyclic) bond motifs is 1. The Hall–Kier alpha value is -4.93. The molecular formula is C27H22F2N6O3. The van der Waals surface area contributed by atoms with Crippen molar-refractivity contribution in [1.29, 1.82) is 0 Å². The van der Waals surface area contributed by atoms with E-state index in [-0.39, 0.29) is 35.9 Å². The Kier molecular flexibility index (Phi) is 6.65. The summed E-state index contributed by atoms with van der Waals surface area (Å²) in [6.07, 6.45) is 2.71. The van der Waals surface area contributed by atoms with Gasteiger partial charge in [-0.05, 0) is 26.0 Å². The summed E-state index contributed by atoms with van der Waals surface area (Å²) >= 11 is 0. The number of nitrogens with one attached hydrogen (secondary N) is 1. The molecule has 5 rings (SSSR count). The molecule has 0 saturated heterocycles. The Morgan fingerprint density at radius 3 is 2.61 bits per heavy atom. The largest absolute Gasteiger partial charge is 0.494 e. The average Bonchev–Trinajstić information content (AvgIpc) is 3.25. The summed E-state index contributed by atoms with van der Waals surface area (Å²) in [5.41, 5.74) is 1.79. The second-order valence-electron chi connectivity index (χ2n) is 8.39. The molecule has 2 aromatic carbocycles. The molecule has 5 aromatic rings. The monoisotopic (exact) mass is 516 g/mol. The summed E-state index contributed by atoms with van der Waals surface area (Å²) in [5.74, 6) is -1.88. The molecule has 3 heterocycles. The van der Waals surface area contributed by atoms with E-state index >= 15 is 0 Å². The van der Waals surface area contributed by atoms with Gasteiger partial charge in [0, 0.05) is 47.2 Å². The first-order valence-corrected chi connectivity index (χ1v) is 11.7. The fraction of sp³-hybridized carbons (Fsp3) is 0.148.